The maximum absolute atomic E-state index is 12.3. The van der Waals surface area contributed by atoms with Gasteiger partial charge in [-0.25, -0.2) is 0 Å². The number of hydrogen-bond donors (Lipinski definition) is 0. The Labute approximate surface area is 119 Å². The van der Waals surface area contributed by atoms with E-state index in [1.54, 1.807) is 16.7 Å². The largest absolute Gasteiger partial charge is 0.339 e. The predicted molar refractivity (Wildman–Crippen MR) is 74.1 cm³/mol. The fourth-order valence-corrected chi connectivity index (χ4v) is 2.91. The summed E-state index contributed by atoms with van der Waals surface area (Å²) in [6.45, 7) is 5.11. The molecular weight excluding hydrogens is 258 g/mol. The van der Waals surface area contributed by atoms with Crippen molar-refractivity contribution in [1.29, 1.82) is 0 Å². The molecule has 0 spiro atoms. The van der Waals surface area contributed by atoms with E-state index in [4.69, 9.17) is 0 Å². The lowest BCUT2D eigenvalue weighted by Crippen LogP contribution is -2.53. The zero-order valence-electron chi connectivity index (χ0n) is 12.1. The van der Waals surface area contributed by atoms with Crippen LogP contribution in [0, 0.1) is 0 Å². The smallest absolute Gasteiger partial charge is 0.236 e. The van der Waals surface area contributed by atoms with Gasteiger partial charge in [0.05, 0.1) is 12.6 Å². The summed E-state index contributed by atoms with van der Waals surface area (Å²) >= 11 is 0. The minimum atomic E-state index is -0.105. The average Bonchev–Trinajstić information content (AvgIpc) is 2.48. The Balaban J connectivity index is 1.83. The number of likely N-dealkylation sites (tertiary alicyclic amines) is 1. The fourth-order valence-electron chi connectivity index (χ4n) is 2.91. The van der Waals surface area contributed by atoms with E-state index in [0.29, 0.717) is 32.7 Å². The van der Waals surface area contributed by atoms with Gasteiger partial charge in [-0.15, -0.1) is 0 Å². The lowest BCUT2D eigenvalue weighted by molar-refractivity contribution is -0.140. The molecule has 2 aliphatic rings. The van der Waals surface area contributed by atoms with Gasteiger partial charge in [0, 0.05) is 33.1 Å². The number of rotatable bonds is 3. The predicted octanol–water partition coefficient (Wildman–Crippen LogP) is -0.269. The molecule has 20 heavy (non-hydrogen) atoms. The first-order chi connectivity index (χ1) is 9.61. The van der Waals surface area contributed by atoms with Crippen LogP contribution in [0.5, 0.6) is 0 Å². The Kier molecular flexibility index (Phi) is 5.11. The van der Waals surface area contributed by atoms with E-state index in [0.717, 1.165) is 32.1 Å². The second-order valence-corrected chi connectivity index (χ2v) is 5.56. The molecule has 2 saturated heterocycles. The molecule has 2 heterocycles. The number of piperazine rings is 1. The Bertz CT molecular complexity index is 378. The quantitative estimate of drug-likeness (QED) is 0.668. The van der Waals surface area contributed by atoms with Gasteiger partial charge in [0.25, 0.3) is 0 Å². The third-order valence-corrected chi connectivity index (χ3v) is 4.24. The molecule has 2 fully saturated rings. The summed E-state index contributed by atoms with van der Waals surface area (Å²) < 4.78 is 0. The lowest BCUT2D eigenvalue weighted by Gasteiger charge is -2.37. The van der Waals surface area contributed by atoms with Crippen LogP contribution in [0.15, 0.2) is 0 Å². The van der Waals surface area contributed by atoms with Gasteiger partial charge in [-0.1, -0.05) is 6.42 Å². The standard InChI is InChI=1S/C14H23N3O3/c1-12(19)15-6-8-16(9-7-15)14(20)10-17-5-3-2-4-13(17)11-18/h11,13H,2-10H2,1H3. The normalized spacial score (nSPS) is 24.6. The van der Waals surface area contributed by atoms with Crippen molar-refractivity contribution in [3.63, 3.8) is 0 Å². The summed E-state index contributed by atoms with van der Waals surface area (Å²) in [6.07, 6.45) is 3.93. The van der Waals surface area contributed by atoms with Gasteiger partial charge in [0.2, 0.25) is 11.8 Å². The van der Waals surface area contributed by atoms with Gasteiger partial charge in [-0.3, -0.25) is 14.5 Å². The van der Waals surface area contributed by atoms with E-state index in [2.05, 4.69) is 0 Å². The molecule has 0 radical (unpaired) electrons. The molecule has 0 aliphatic carbocycles. The molecule has 0 aromatic rings. The number of carbonyl (C=O) groups is 3. The van der Waals surface area contributed by atoms with Crippen LogP contribution in [0.4, 0.5) is 0 Å². The van der Waals surface area contributed by atoms with Crippen molar-refractivity contribution in [1.82, 2.24) is 14.7 Å². The Hall–Kier alpha value is -1.43. The summed E-state index contributed by atoms with van der Waals surface area (Å²) in [5.41, 5.74) is 0. The van der Waals surface area contributed by atoms with Crippen LogP contribution in [0.1, 0.15) is 26.2 Å². The van der Waals surface area contributed by atoms with Crippen LogP contribution >= 0.6 is 0 Å². The number of amides is 2. The molecule has 2 rings (SSSR count). The maximum atomic E-state index is 12.3. The average molecular weight is 281 g/mol. The van der Waals surface area contributed by atoms with Crippen molar-refractivity contribution in [3.05, 3.63) is 0 Å². The molecule has 0 aromatic carbocycles. The second-order valence-electron chi connectivity index (χ2n) is 5.56. The van der Waals surface area contributed by atoms with E-state index >= 15 is 0 Å². The summed E-state index contributed by atoms with van der Waals surface area (Å²) in [5.74, 6) is 0.135. The molecule has 0 saturated carbocycles. The maximum Gasteiger partial charge on any atom is 0.236 e. The highest BCUT2D eigenvalue weighted by Crippen LogP contribution is 2.15. The first kappa shape index (κ1) is 15.0. The minimum absolute atomic E-state index is 0.0640. The van der Waals surface area contributed by atoms with Gasteiger partial charge in [0.15, 0.2) is 0 Å². The molecule has 0 bridgehead atoms. The lowest BCUT2D eigenvalue weighted by atomic mass is 10.0. The fraction of sp³-hybridized carbons (Fsp3) is 0.786. The molecule has 6 heteroatoms. The van der Waals surface area contributed by atoms with Gasteiger partial charge < -0.3 is 14.6 Å². The van der Waals surface area contributed by atoms with Crippen LogP contribution in [-0.2, 0) is 14.4 Å². The van der Waals surface area contributed by atoms with Crippen molar-refractivity contribution >= 4 is 18.1 Å². The van der Waals surface area contributed by atoms with Crippen molar-refractivity contribution in [2.24, 2.45) is 0 Å². The molecule has 1 atom stereocenters. The Morgan fingerprint density at radius 1 is 1.05 bits per heavy atom. The monoisotopic (exact) mass is 281 g/mol. The number of nitrogens with zero attached hydrogens (tertiary/aromatic N) is 3. The Morgan fingerprint density at radius 2 is 1.70 bits per heavy atom. The summed E-state index contributed by atoms with van der Waals surface area (Å²) in [5, 5.41) is 0. The SMILES string of the molecule is CC(=O)N1CCN(C(=O)CN2CCCCC2C=O)CC1. The van der Waals surface area contributed by atoms with Crippen LogP contribution in [0.3, 0.4) is 0 Å². The highest BCUT2D eigenvalue weighted by Gasteiger charge is 2.27. The van der Waals surface area contributed by atoms with E-state index in [1.807, 2.05) is 4.90 Å². The van der Waals surface area contributed by atoms with Crippen LogP contribution in [-0.4, -0.2) is 78.1 Å². The first-order valence-corrected chi connectivity index (χ1v) is 7.34. The van der Waals surface area contributed by atoms with Gasteiger partial charge in [-0.2, -0.15) is 0 Å². The van der Waals surface area contributed by atoms with Gasteiger partial charge in [0.1, 0.15) is 6.29 Å². The number of aldehydes is 1. The molecule has 6 nitrogen and oxygen atoms in total. The number of hydrogen-bond acceptors (Lipinski definition) is 4. The van der Waals surface area contributed by atoms with E-state index in [1.165, 1.54) is 0 Å². The molecular formula is C14H23N3O3. The highest BCUT2D eigenvalue weighted by atomic mass is 16.2. The molecule has 2 aliphatic heterocycles. The first-order valence-electron chi connectivity index (χ1n) is 7.34. The summed E-state index contributed by atoms with van der Waals surface area (Å²) in [7, 11) is 0. The third-order valence-electron chi connectivity index (χ3n) is 4.24. The van der Waals surface area contributed by atoms with Crippen molar-refractivity contribution in [2.75, 3.05) is 39.3 Å². The van der Waals surface area contributed by atoms with Crippen molar-refractivity contribution < 1.29 is 14.4 Å². The topological polar surface area (TPSA) is 60.9 Å². The number of carbonyl (C=O) groups excluding carboxylic acids is 3. The number of piperidine rings is 1. The highest BCUT2D eigenvalue weighted by molar-refractivity contribution is 5.79. The molecule has 2 amide bonds. The Morgan fingerprint density at radius 3 is 2.30 bits per heavy atom. The molecule has 0 aromatic heterocycles. The molecule has 1 unspecified atom stereocenters. The minimum Gasteiger partial charge on any atom is -0.339 e. The van der Waals surface area contributed by atoms with Gasteiger partial charge >= 0.3 is 0 Å². The van der Waals surface area contributed by atoms with Crippen LogP contribution in [0.2, 0.25) is 0 Å². The zero-order chi connectivity index (χ0) is 14.5. The van der Waals surface area contributed by atoms with E-state index < -0.39 is 0 Å². The van der Waals surface area contributed by atoms with Gasteiger partial charge in [-0.05, 0) is 19.4 Å². The van der Waals surface area contributed by atoms with Crippen molar-refractivity contribution in [3.8, 4) is 0 Å². The zero-order valence-corrected chi connectivity index (χ0v) is 12.1. The summed E-state index contributed by atoms with van der Waals surface area (Å²) in [6, 6.07) is -0.105. The summed E-state index contributed by atoms with van der Waals surface area (Å²) in [4.78, 5) is 40.1. The van der Waals surface area contributed by atoms with Crippen LogP contribution in [0.25, 0.3) is 0 Å². The van der Waals surface area contributed by atoms with Crippen molar-refractivity contribution in [2.45, 2.75) is 32.2 Å². The third kappa shape index (κ3) is 3.56. The molecule has 0 N–H and O–H groups in total. The van der Waals surface area contributed by atoms with E-state index in [-0.39, 0.29) is 17.9 Å². The van der Waals surface area contributed by atoms with E-state index in [9.17, 15) is 14.4 Å². The molecule has 112 valence electrons. The van der Waals surface area contributed by atoms with Crippen LogP contribution < -0.4 is 0 Å². The second kappa shape index (κ2) is 6.83.